The lowest BCUT2D eigenvalue weighted by molar-refractivity contribution is 0.288. The van der Waals surface area contributed by atoms with Gasteiger partial charge in [0.25, 0.3) is 0 Å². The van der Waals surface area contributed by atoms with Crippen molar-refractivity contribution in [3.63, 3.8) is 0 Å². The molecular formula is C15H17N3O. The molecule has 1 aliphatic heterocycles. The minimum atomic E-state index is 0.121. The first-order valence-corrected chi connectivity index (χ1v) is 6.60. The summed E-state index contributed by atoms with van der Waals surface area (Å²) in [6.45, 7) is 1.36. The first kappa shape index (κ1) is 12.1. The summed E-state index contributed by atoms with van der Waals surface area (Å²) in [5, 5.41) is 0. The SMILES string of the molecule is NCC(c1ccc2c(c1)CCCO2)c1ccncn1. The molecule has 1 aliphatic rings. The van der Waals surface area contributed by atoms with Crippen molar-refractivity contribution in [2.24, 2.45) is 5.73 Å². The number of nitrogens with two attached hydrogens (primary N) is 1. The van der Waals surface area contributed by atoms with E-state index in [0.717, 1.165) is 30.9 Å². The number of fused-ring (bicyclic) bond motifs is 1. The zero-order valence-electron chi connectivity index (χ0n) is 10.7. The maximum absolute atomic E-state index is 5.92. The van der Waals surface area contributed by atoms with Crippen molar-refractivity contribution in [2.75, 3.05) is 13.2 Å². The van der Waals surface area contributed by atoms with E-state index in [2.05, 4.69) is 22.1 Å². The van der Waals surface area contributed by atoms with E-state index in [1.54, 1.807) is 12.5 Å². The van der Waals surface area contributed by atoms with Gasteiger partial charge in [-0.3, -0.25) is 0 Å². The Labute approximate surface area is 112 Å². The third kappa shape index (κ3) is 2.44. The van der Waals surface area contributed by atoms with Crippen molar-refractivity contribution >= 4 is 0 Å². The lowest BCUT2D eigenvalue weighted by atomic mass is 9.92. The summed E-state index contributed by atoms with van der Waals surface area (Å²) in [7, 11) is 0. The van der Waals surface area contributed by atoms with E-state index in [1.807, 2.05) is 12.1 Å². The number of aromatic nitrogens is 2. The number of rotatable bonds is 3. The van der Waals surface area contributed by atoms with Gasteiger partial charge in [0.15, 0.2) is 0 Å². The van der Waals surface area contributed by atoms with Gasteiger partial charge in [-0.05, 0) is 36.1 Å². The summed E-state index contributed by atoms with van der Waals surface area (Å²) in [5.41, 5.74) is 9.36. The fraction of sp³-hybridized carbons (Fsp3) is 0.333. The molecule has 2 N–H and O–H groups in total. The van der Waals surface area contributed by atoms with Crippen molar-refractivity contribution < 1.29 is 4.74 Å². The van der Waals surface area contributed by atoms with Crippen molar-refractivity contribution in [1.82, 2.24) is 9.97 Å². The molecule has 0 radical (unpaired) electrons. The van der Waals surface area contributed by atoms with E-state index >= 15 is 0 Å². The van der Waals surface area contributed by atoms with Gasteiger partial charge in [0.05, 0.1) is 12.3 Å². The molecule has 0 saturated heterocycles. The van der Waals surface area contributed by atoms with Gasteiger partial charge in [0.1, 0.15) is 12.1 Å². The molecule has 98 valence electrons. The number of hydrogen-bond donors (Lipinski definition) is 1. The second-order valence-electron chi connectivity index (χ2n) is 4.74. The molecule has 4 nitrogen and oxygen atoms in total. The summed E-state index contributed by atoms with van der Waals surface area (Å²) in [4.78, 5) is 8.27. The van der Waals surface area contributed by atoms with Gasteiger partial charge in [-0.1, -0.05) is 12.1 Å². The summed E-state index contributed by atoms with van der Waals surface area (Å²) in [6, 6.07) is 8.26. The maximum atomic E-state index is 5.92. The molecule has 2 aromatic rings. The van der Waals surface area contributed by atoms with E-state index in [0.29, 0.717) is 6.54 Å². The normalized spacial score (nSPS) is 15.4. The van der Waals surface area contributed by atoms with E-state index in [4.69, 9.17) is 10.5 Å². The molecule has 1 aromatic heterocycles. The van der Waals surface area contributed by atoms with Crippen LogP contribution in [0.3, 0.4) is 0 Å². The molecule has 1 unspecified atom stereocenters. The van der Waals surface area contributed by atoms with Crippen molar-refractivity contribution in [2.45, 2.75) is 18.8 Å². The van der Waals surface area contributed by atoms with E-state index in [1.165, 1.54) is 11.1 Å². The van der Waals surface area contributed by atoms with Gasteiger partial charge in [-0.2, -0.15) is 0 Å². The molecule has 0 spiro atoms. The van der Waals surface area contributed by atoms with Crippen molar-refractivity contribution in [1.29, 1.82) is 0 Å². The van der Waals surface area contributed by atoms with Gasteiger partial charge < -0.3 is 10.5 Å². The summed E-state index contributed by atoms with van der Waals surface area (Å²) >= 11 is 0. The van der Waals surface area contributed by atoms with Crippen LogP contribution in [-0.2, 0) is 6.42 Å². The molecule has 0 bridgehead atoms. The van der Waals surface area contributed by atoms with Gasteiger partial charge in [-0.15, -0.1) is 0 Å². The Kier molecular flexibility index (Phi) is 3.42. The summed E-state index contributed by atoms with van der Waals surface area (Å²) < 4.78 is 5.64. The Balaban J connectivity index is 1.96. The van der Waals surface area contributed by atoms with Gasteiger partial charge in [0.2, 0.25) is 0 Å². The van der Waals surface area contributed by atoms with Crippen molar-refractivity contribution in [3.05, 3.63) is 53.6 Å². The van der Waals surface area contributed by atoms with Crippen LogP contribution >= 0.6 is 0 Å². The lowest BCUT2D eigenvalue weighted by Gasteiger charge is -2.20. The van der Waals surface area contributed by atoms with Crippen LogP contribution in [0.2, 0.25) is 0 Å². The van der Waals surface area contributed by atoms with Gasteiger partial charge in [-0.25, -0.2) is 9.97 Å². The van der Waals surface area contributed by atoms with Gasteiger partial charge in [0, 0.05) is 18.7 Å². The fourth-order valence-electron chi connectivity index (χ4n) is 2.53. The smallest absolute Gasteiger partial charge is 0.122 e. The largest absolute Gasteiger partial charge is 0.493 e. The van der Waals surface area contributed by atoms with Crippen LogP contribution in [0, 0.1) is 0 Å². The second kappa shape index (κ2) is 5.36. The highest BCUT2D eigenvalue weighted by Gasteiger charge is 2.17. The highest BCUT2D eigenvalue weighted by Crippen LogP contribution is 2.30. The standard InChI is InChI=1S/C15H17N3O/c16-9-13(14-5-6-17-10-18-14)11-3-4-15-12(8-11)2-1-7-19-15/h3-6,8,10,13H,1-2,7,9,16H2. The molecular weight excluding hydrogens is 238 g/mol. The first-order valence-electron chi connectivity index (χ1n) is 6.60. The van der Waals surface area contributed by atoms with E-state index in [-0.39, 0.29) is 5.92 Å². The van der Waals surface area contributed by atoms with Crippen LogP contribution < -0.4 is 10.5 Å². The Morgan fingerprint density at radius 2 is 2.26 bits per heavy atom. The van der Waals surface area contributed by atoms with Crippen molar-refractivity contribution in [3.8, 4) is 5.75 Å². The number of ether oxygens (including phenoxy) is 1. The molecule has 1 atom stereocenters. The zero-order chi connectivity index (χ0) is 13.1. The zero-order valence-corrected chi connectivity index (χ0v) is 10.7. The average Bonchev–Trinajstić information content (AvgIpc) is 2.49. The molecule has 1 aromatic carbocycles. The molecule has 0 aliphatic carbocycles. The molecule has 0 fully saturated rings. The fourth-order valence-corrected chi connectivity index (χ4v) is 2.53. The molecule has 0 amide bonds. The van der Waals surface area contributed by atoms with Crippen LogP contribution in [0.1, 0.15) is 29.2 Å². The predicted octanol–water partition coefficient (Wildman–Crippen LogP) is 1.89. The molecule has 3 rings (SSSR count). The minimum Gasteiger partial charge on any atom is -0.493 e. The second-order valence-corrected chi connectivity index (χ2v) is 4.74. The van der Waals surface area contributed by atoms with Crippen LogP contribution in [0.25, 0.3) is 0 Å². The van der Waals surface area contributed by atoms with Gasteiger partial charge >= 0.3 is 0 Å². The van der Waals surface area contributed by atoms with E-state index in [9.17, 15) is 0 Å². The van der Waals surface area contributed by atoms with Crippen LogP contribution in [0.5, 0.6) is 5.75 Å². The topological polar surface area (TPSA) is 61.0 Å². The molecule has 4 heteroatoms. The number of aryl methyl sites for hydroxylation is 1. The highest BCUT2D eigenvalue weighted by molar-refractivity contribution is 5.41. The predicted molar refractivity (Wildman–Crippen MR) is 73.2 cm³/mol. The quantitative estimate of drug-likeness (QED) is 0.909. The summed E-state index contributed by atoms with van der Waals surface area (Å²) in [5.74, 6) is 1.13. The Morgan fingerprint density at radius 3 is 3.05 bits per heavy atom. The maximum Gasteiger partial charge on any atom is 0.122 e. The average molecular weight is 255 g/mol. The Morgan fingerprint density at radius 1 is 1.32 bits per heavy atom. The Hall–Kier alpha value is -1.94. The first-order chi connectivity index (χ1) is 9.38. The Bertz CT molecular complexity index is 557. The summed E-state index contributed by atoms with van der Waals surface area (Å²) in [6.07, 6.45) is 5.48. The molecule has 19 heavy (non-hydrogen) atoms. The van der Waals surface area contributed by atoms with Crippen LogP contribution in [-0.4, -0.2) is 23.1 Å². The monoisotopic (exact) mass is 255 g/mol. The molecule has 0 saturated carbocycles. The van der Waals surface area contributed by atoms with E-state index < -0.39 is 0 Å². The number of benzene rings is 1. The molecule has 2 heterocycles. The number of hydrogen-bond acceptors (Lipinski definition) is 4. The lowest BCUT2D eigenvalue weighted by Crippen LogP contribution is -2.16. The highest BCUT2D eigenvalue weighted by atomic mass is 16.5. The minimum absolute atomic E-state index is 0.121. The van der Waals surface area contributed by atoms with Crippen LogP contribution in [0.15, 0.2) is 36.8 Å². The third-order valence-corrected chi connectivity index (χ3v) is 3.53. The number of nitrogens with zero attached hydrogens (tertiary/aromatic N) is 2. The third-order valence-electron chi connectivity index (χ3n) is 3.53. The van der Waals surface area contributed by atoms with Crippen LogP contribution in [0.4, 0.5) is 0 Å².